The second-order valence-electron chi connectivity index (χ2n) is 4.24. The van der Waals surface area contributed by atoms with E-state index in [4.69, 9.17) is 0 Å². The van der Waals surface area contributed by atoms with Crippen LogP contribution < -0.4 is 5.32 Å². The molecule has 5 heteroatoms. The summed E-state index contributed by atoms with van der Waals surface area (Å²) in [6, 6.07) is 0.212. The maximum absolute atomic E-state index is 11.9. The van der Waals surface area contributed by atoms with Gasteiger partial charge >= 0.3 is 0 Å². The lowest BCUT2D eigenvalue weighted by Gasteiger charge is -2.36. The van der Waals surface area contributed by atoms with Crippen molar-refractivity contribution in [2.24, 2.45) is 5.92 Å². The summed E-state index contributed by atoms with van der Waals surface area (Å²) < 4.78 is 25.6. The van der Waals surface area contributed by atoms with Crippen LogP contribution in [0, 0.1) is 5.92 Å². The maximum atomic E-state index is 11.9. The Morgan fingerprint density at radius 3 is 2.36 bits per heavy atom. The summed E-state index contributed by atoms with van der Waals surface area (Å²) in [6.45, 7) is 4.17. The molecule has 2 fully saturated rings. The van der Waals surface area contributed by atoms with Crippen LogP contribution in [0.5, 0.6) is 0 Å². The summed E-state index contributed by atoms with van der Waals surface area (Å²) in [5.74, 6) is 0.819. The Morgan fingerprint density at radius 2 is 2.00 bits per heavy atom. The minimum Gasteiger partial charge on any atom is -0.313 e. The van der Waals surface area contributed by atoms with E-state index in [1.807, 2.05) is 6.92 Å². The molecule has 0 radical (unpaired) electrons. The van der Waals surface area contributed by atoms with E-state index < -0.39 is 10.0 Å². The number of nitrogens with one attached hydrogen (secondary N) is 1. The molecule has 1 aliphatic carbocycles. The number of hydrogen-bond acceptors (Lipinski definition) is 3. The van der Waals surface area contributed by atoms with Crippen molar-refractivity contribution in [3.8, 4) is 0 Å². The molecule has 1 heterocycles. The Hall–Kier alpha value is -0.130. The fourth-order valence-corrected chi connectivity index (χ4v) is 3.95. The van der Waals surface area contributed by atoms with Crippen LogP contribution in [0.15, 0.2) is 0 Å². The van der Waals surface area contributed by atoms with Gasteiger partial charge in [0.05, 0.1) is 5.75 Å². The third-order valence-corrected chi connectivity index (χ3v) is 5.14. The first-order valence-corrected chi connectivity index (χ1v) is 6.94. The predicted octanol–water partition coefficient (Wildman–Crippen LogP) is 0.0199. The van der Waals surface area contributed by atoms with Crippen molar-refractivity contribution < 1.29 is 8.42 Å². The zero-order valence-corrected chi connectivity index (χ0v) is 9.39. The molecule has 1 N–H and O–H groups in total. The lowest BCUT2D eigenvalue weighted by molar-refractivity contribution is 0.249. The van der Waals surface area contributed by atoms with E-state index in [9.17, 15) is 8.42 Å². The average Bonchev–Trinajstić information content (AvgIpc) is 2.78. The summed E-state index contributed by atoms with van der Waals surface area (Å²) >= 11 is 0. The topological polar surface area (TPSA) is 49.4 Å². The second kappa shape index (κ2) is 3.79. The third kappa shape index (κ3) is 2.10. The molecule has 1 saturated heterocycles. The molecule has 0 aromatic rings. The number of nitrogens with zero attached hydrogens (tertiary/aromatic N) is 1. The van der Waals surface area contributed by atoms with Gasteiger partial charge in [-0.15, -0.1) is 0 Å². The molecule has 82 valence electrons. The molecular weight excluding hydrogens is 200 g/mol. The quantitative estimate of drug-likeness (QED) is 0.708. The van der Waals surface area contributed by atoms with Crippen molar-refractivity contribution in [2.75, 3.05) is 25.4 Å². The molecule has 14 heavy (non-hydrogen) atoms. The summed E-state index contributed by atoms with van der Waals surface area (Å²) in [4.78, 5) is 0. The fraction of sp³-hybridized carbons (Fsp3) is 1.00. The zero-order chi connectivity index (χ0) is 10.2. The molecule has 1 saturated carbocycles. The van der Waals surface area contributed by atoms with Gasteiger partial charge in [0.15, 0.2) is 0 Å². The maximum Gasteiger partial charge on any atom is 0.214 e. The Bertz CT molecular complexity index is 294. The first-order valence-electron chi connectivity index (χ1n) is 5.33. The first kappa shape index (κ1) is 10.4. The first-order chi connectivity index (χ1) is 6.63. The van der Waals surface area contributed by atoms with Gasteiger partial charge in [-0.25, -0.2) is 8.42 Å². The van der Waals surface area contributed by atoms with E-state index in [-0.39, 0.29) is 6.04 Å². The van der Waals surface area contributed by atoms with E-state index in [1.54, 1.807) is 4.31 Å². The normalized spacial score (nSPS) is 23.9. The van der Waals surface area contributed by atoms with E-state index in [1.165, 1.54) is 0 Å². The average molecular weight is 218 g/mol. The number of hydrogen-bond donors (Lipinski definition) is 1. The predicted molar refractivity (Wildman–Crippen MR) is 55.5 cm³/mol. The van der Waals surface area contributed by atoms with Crippen LogP contribution in [0.1, 0.15) is 19.8 Å². The van der Waals surface area contributed by atoms with Crippen LogP contribution in [-0.2, 0) is 10.0 Å². The fourth-order valence-electron chi connectivity index (χ4n) is 1.84. The van der Waals surface area contributed by atoms with Crippen LogP contribution in [0.4, 0.5) is 0 Å². The van der Waals surface area contributed by atoms with Gasteiger partial charge < -0.3 is 5.32 Å². The Labute approximate surface area is 85.7 Å². The SMILES string of the molecule is CCN(C1CNC1)S(=O)(=O)CC1CC1. The molecule has 0 bridgehead atoms. The number of sulfonamides is 1. The highest BCUT2D eigenvalue weighted by Crippen LogP contribution is 2.31. The molecule has 2 aliphatic rings. The smallest absolute Gasteiger partial charge is 0.214 e. The summed E-state index contributed by atoms with van der Waals surface area (Å²) in [5, 5.41) is 3.11. The Morgan fingerprint density at radius 1 is 1.36 bits per heavy atom. The van der Waals surface area contributed by atoms with Crippen molar-refractivity contribution in [2.45, 2.75) is 25.8 Å². The highest BCUT2D eigenvalue weighted by atomic mass is 32.2. The van der Waals surface area contributed by atoms with E-state index in [0.29, 0.717) is 18.2 Å². The molecule has 1 aliphatic heterocycles. The van der Waals surface area contributed by atoms with E-state index >= 15 is 0 Å². The highest BCUT2D eigenvalue weighted by Gasteiger charge is 2.36. The van der Waals surface area contributed by atoms with Gasteiger partial charge in [-0.05, 0) is 18.8 Å². The summed E-state index contributed by atoms with van der Waals surface area (Å²) in [6.07, 6.45) is 2.19. The van der Waals surface area contributed by atoms with Gasteiger partial charge in [-0.2, -0.15) is 4.31 Å². The molecule has 0 aromatic heterocycles. The molecule has 0 spiro atoms. The van der Waals surface area contributed by atoms with Gasteiger partial charge in [-0.3, -0.25) is 0 Å². The van der Waals surface area contributed by atoms with Gasteiger partial charge in [0.1, 0.15) is 0 Å². The van der Waals surface area contributed by atoms with Crippen molar-refractivity contribution in [3.05, 3.63) is 0 Å². The van der Waals surface area contributed by atoms with Crippen LogP contribution >= 0.6 is 0 Å². The lowest BCUT2D eigenvalue weighted by atomic mass is 10.2. The van der Waals surface area contributed by atoms with Crippen LogP contribution in [-0.4, -0.2) is 44.2 Å². The molecule has 4 nitrogen and oxygen atoms in total. The molecule has 0 aromatic carbocycles. The standard InChI is InChI=1S/C9H18N2O2S/c1-2-11(9-5-10-6-9)14(12,13)7-8-3-4-8/h8-10H,2-7H2,1H3. The highest BCUT2D eigenvalue weighted by molar-refractivity contribution is 7.89. The summed E-state index contributed by atoms with van der Waals surface area (Å²) in [7, 11) is -2.98. The Balaban J connectivity index is 2.00. The number of likely N-dealkylation sites (N-methyl/N-ethyl adjacent to an activating group) is 1. The van der Waals surface area contributed by atoms with E-state index in [2.05, 4.69) is 5.32 Å². The van der Waals surface area contributed by atoms with Crippen molar-refractivity contribution in [1.82, 2.24) is 9.62 Å². The van der Waals surface area contributed by atoms with Crippen molar-refractivity contribution in [1.29, 1.82) is 0 Å². The van der Waals surface area contributed by atoms with E-state index in [0.717, 1.165) is 25.9 Å². The molecule has 0 amide bonds. The lowest BCUT2D eigenvalue weighted by Crippen LogP contribution is -2.59. The molecule has 0 atom stereocenters. The Kier molecular flexibility index (Phi) is 2.81. The monoisotopic (exact) mass is 218 g/mol. The summed E-state index contributed by atoms with van der Waals surface area (Å²) in [5.41, 5.74) is 0. The third-order valence-electron chi connectivity index (χ3n) is 2.98. The van der Waals surface area contributed by atoms with Gasteiger partial charge in [0.25, 0.3) is 0 Å². The van der Waals surface area contributed by atoms with Crippen LogP contribution in [0.3, 0.4) is 0 Å². The largest absolute Gasteiger partial charge is 0.313 e. The molecule has 0 unspecified atom stereocenters. The minimum absolute atomic E-state index is 0.212. The molecular formula is C9H18N2O2S. The van der Waals surface area contributed by atoms with Crippen LogP contribution in [0.25, 0.3) is 0 Å². The number of rotatable bonds is 5. The zero-order valence-electron chi connectivity index (χ0n) is 8.57. The van der Waals surface area contributed by atoms with Crippen molar-refractivity contribution in [3.63, 3.8) is 0 Å². The van der Waals surface area contributed by atoms with Crippen LogP contribution in [0.2, 0.25) is 0 Å². The second-order valence-corrected chi connectivity index (χ2v) is 6.20. The van der Waals surface area contributed by atoms with Gasteiger partial charge in [0, 0.05) is 25.7 Å². The van der Waals surface area contributed by atoms with Gasteiger partial charge in [0.2, 0.25) is 10.0 Å². The minimum atomic E-state index is -2.98. The van der Waals surface area contributed by atoms with Crippen molar-refractivity contribution >= 4 is 10.0 Å². The molecule has 2 rings (SSSR count). The van der Waals surface area contributed by atoms with Gasteiger partial charge in [-0.1, -0.05) is 6.92 Å².